The quantitative estimate of drug-likeness (QED) is 0.514. The molecule has 0 radical (unpaired) electrons. The van der Waals surface area contributed by atoms with Crippen molar-refractivity contribution >= 4 is 23.3 Å². The summed E-state index contributed by atoms with van der Waals surface area (Å²) in [6.45, 7) is 0. The minimum Gasteiger partial charge on any atom is -0.493 e. The summed E-state index contributed by atoms with van der Waals surface area (Å²) in [4.78, 5) is 17.2. The lowest BCUT2D eigenvalue weighted by atomic mass is 9.78. The zero-order valence-corrected chi connectivity index (χ0v) is 19.4. The van der Waals surface area contributed by atoms with Crippen LogP contribution >= 0.6 is 11.6 Å². The fourth-order valence-electron chi connectivity index (χ4n) is 4.66. The van der Waals surface area contributed by atoms with Crippen LogP contribution in [0.3, 0.4) is 0 Å². The van der Waals surface area contributed by atoms with Gasteiger partial charge in [-0.3, -0.25) is 4.79 Å². The Morgan fingerprint density at radius 2 is 1.83 bits per heavy atom. The summed E-state index contributed by atoms with van der Waals surface area (Å²) in [6.07, 6.45) is -4.18. The Morgan fingerprint density at radius 1 is 1.06 bits per heavy atom. The topological polar surface area (TPSA) is 78.3 Å². The van der Waals surface area contributed by atoms with Gasteiger partial charge in [-0.25, -0.2) is 4.68 Å². The van der Waals surface area contributed by atoms with Gasteiger partial charge in [0.15, 0.2) is 17.3 Å². The largest absolute Gasteiger partial charge is 0.493 e. The third kappa shape index (κ3) is 4.12. The molecule has 2 atom stereocenters. The van der Waals surface area contributed by atoms with Crippen molar-refractivity contribution in [2.75, 3.05) is 19.5 Å². The van der Waals surface area contributed by atoms with E-state index in [0.29, 0.717) is 39.8 Å². The third-order valence-corrected chi connectivity index (χ3v) is 6.45. The fourth-order valence-corrected chi connectivity index (χ4v) is 4.86. The van der Waals surface area contributed by atoms with E-state index in [2.05, 4.69) is 15.4 Å². The number of rotatable bonds is 4. The first-order chi connectivity index (χ1) is 16.7. The summed E-state index contributed by atoms with van der Waals surface area (Å²) in [6, 6.07) is 11.2. The second-order valence-corrected chi connectivity index (χ2v) is 8.76. The number of methoxy groups -OCH3 is 2. The van der Waals surface area contributed by atoms with Crippen LogP contribution in [0.15, 0.2) is 53.7 Å². The molecule has 1 aliphatic heterocycles. The van der Waals surface area contributed by atoms with Crippen molar-refractivity contribution in [3.63, 3.8) is 0 Å². The first-order valence-electron chi connectivity index (χ1n) is 10.7. The van der Waals surface area contributed by atoms with Gasteiger partial charge >= 0.3 is 6.18 Å². The number of aromatic nitrogens is 3. The molecule has 2 aliphatic rings. The van der Waals surface area contributed by atoms with Crippen LogP contribution in [0.2, 0.25) is 5.02 Å². The highest BCUT2D eigenvalue weighted by molar-refractivity contribution is 6.30. The number of ketones is 1. The zero-order valence-electron chi connectivity index (χ0n) is 18.7. The van der Waals surface area contributed by atoms with E-state index in [-0.39, 0.29) is 24.1 Å². The monoisotopic (exact) mass is 504 g/mol. The molecule has 0 saturated carbocycles. The Balaban J connectivity index is 1.60. The molecular formula is C24H20ClF3N4O3. The predicted molar refractivity (Wildman–Crippen MR) is 122 cm³/mol. The maximum Gasteiger partial charge on any atom is 0.453 e. The number of hydrogen-bond donors (Lipinski definition) is 1. The maximum absolute atomic E-state index is 13.5. The summed E-state index contributed by atoms with van der Waals surface area (Å²) in [7, 11) is 3.06. The van der Waals surface area contributed by atoms with Crippen molar-refractivity contribution in [3.8, 4) is 11.5 Å². The number of alkyl halides is 3. The molecule has 0 unspecified atom stereocenters. The highest BCUT2D eigenvalue weighted by atomic mass is 35.5. The van der Waals surface area contributed by atoms with Crippen LogP contribution in [0, 0.1) is 0 Å². The van der Waals surface area contributed by atoms with E-state index in [1.54, 1.807) is 30.3 Å². The minimum atomic E-state index is -4.74. The number of Topliss-reactive ketones (excluding diaryl/α,β-unsaturated/α-hetero) is 1. The van der Waals surface area contributed by atoms with Crippen molar-refractivity contribution in [3.05, 3.63) is 75.7 Å². The molecule has 2 heterocycles. The average Bonchev–Trinajstić information content (AvgIpc) is 3.26. The number of carbonyl (C=O) groups excluding carboxylic acids is 1. The molecule has 182 valence electrons. The SMILES string of the molecule is COc1ccc([C@H]2CC(=O)C3=C(C2)Nc2nc(C(F)(F)F)nn2[C@@H]3c2cccc(Cl)c2)cc1OC. The maximum atomic E-state index is 13.5. The molecule has 0 amide bonds. The van der Waals surface area contributed by atoms with Crippen LogP contribution in [-0.4, -0.2) is 34.8 Å². The third-order valence-electron chi connectivity index (χ3n) is 6.22. The molecule has 0 bridgehead atoms. The van der Waals surface area contributed by atoms with Gasteiger partial charge in [0.1, 0.15) is 6.04 Å². The van der Waals surface area contributed by atoms with Crippen LogP contribution in [0.5, 0.6) is 11.5 Å². The van der Waals surface area contributed by atoms with Gasteiger partial charge in [-0.1, -0.05) is 29.8 Å². The number of halogens is 4. The van der Waals surface area contributed by atoms with Gasteiger partial charge in [-0.15, -0.1) is 5.10 Å². The number of nitrogens with one attached hydrogen (secondary N) is 1. The number of ether oxygens (including phenoxy) is 2. The van der Waals surface area contributed by atoms with Crippen LogP contribution in [0.25, 0.3) is 0 Å². The van der Waals surface area contributed by atoms with Gasteiger partial charge < -0.3 is 14.8 Å². The minimum absolute atomic E-state index is 0.0817. The van der Waals surface area contributed by atoms with Crippen molar-refractivity contribution in [1.29, 1.82) is 0 Å². The number of nitrogens with zero attached hydrogens (tertiary/aromatic N) is 3. The van der Waals surface area contributed by atoms with Crippen molar-refractivity contribution < 1.29 is 27.4 Å². The summed E-state index contributed by atoms with van der Waals surface area (Å²) in [5.41, 5.74) is 2.27. The Hall–Kier alpha value is -3.53. The predicted octanol–water partition coefficient (Wildman–Crippen LogP) is 5.38. The zero-order chi connectivity index (χ0) is 24.9. The highest BCUT2D eigenvalue weighted by Gasteiger charge is 2.43. The fraction of sp³-hybridized carbons (Fsp3) is 0.292. The van der Waals surface area contributed by atoms with E-state index in [0.717, 1.165) is 10.2 Å². The molecule has 1 aromatic heterocycles. The normalized spacial score (nSPS) is 19.7. The number of allylic oxidation sites excluding steroid dienone is 2. The van der Waals surface area contributed by atoms with Gasteiger partial charge in [0.25, 0.3) is 5.82 Å². The lowest BCUT2D eigenvalue weighted by Gasteiger charge is -2.35. The van der Waals surface area contributed by atoms with Crippen LogP contribution in [0.4, 0.5) is 19.1 Å². The second kappa shape index (κ2) is 8.60. The van der Waals surface area contributed by atoms with Crippen LogP contribution in [-0.2, 0) is 11.0 Å². The standard InChI is InChI=1S/C24H20ClF3N4O3/c1-34-18-7-6-12(11-19(18)35-2)14-9-16-20(17(33)10-14)21(13-4-3-5-15(25)8-13)32-23(29-16)30-22(31-32)24(26,27)28/h3-8,11,14,21H,9-10H2,1-2H3,(H,29,30,31)/t14-,21-/m1/s1. The molecule has 0 spiro atoms. The molecule has 11 heteroatoms. The summed E-state index contributed by atoms with van der Waals surface area (Å²) >= 11 is 6.17. The molecule has 3 aromatic rings. The summed E-state index contributed by atoms with van der Waals surface area (Å²) in [5, 5.41) is 7.05. The second-order valence-electron chi connectivity index (χ2n) is 8.32. The first kappa shape index (κ1) is 23.2. The number of fused-ring (bicyclic) bond motifs is 1. The molecule has 2 aromatic carbocycles. The number of benzene rings is 2. The van der Waals surface area contributed by atoms with E-state index in [1.165, 1.54) is 14.2 Å². The first-order valence-corrected chi connectivity index (χ1v) is 11.1. The number of hydrogen-bond acceptors (Lipinski definition) is 6. The van der Waals surface area contributed by atoms with E-state index in [1.807, 2.05) is 12.1 Å². The molecule has 1 aliphatic carbocycles. The Kier molecular flexibility index (Phi) is 5.71. The number of anilines is 1. The van der Waals surface area contributed by atoms with Crippen molar-refractivity contribution in [2.45, 2.75) is 31.0 Å². The summed E-state index contributed by atoms with van der Waals surface area (Å²) in [5.74, 6) is -0.691. The molecule has 35 heavy (non-hydrogen) atoms. The van der Waals surface area contributed by atoms with E-state index >= 15 is 0 Å². The Morgan fingerprint density at radius 3 is 2.51 bits per heavy atom. The average molecular weight is 505 g/mol. The van der Waals surface area contributed by atoms with Crippen LogP contribution < -0.4 is 14.8 Å². The number of carbonyl (C=O) groups is 1. The van der Waals surface area contributed by atoms with Gasteiger partial charge in [0.05, 0.1) is 14.2 Å². The van der Waals surface area contributed by atoms with Gasteiger partial charge in [-0.2, -0.15) is 18.2 Å². The molecule has 1 N–H and O–H groups in total. The van der Waals surface area contributed by atoms with Crippen molar-refractivity contribution in [2.24, 2.45) is 0 Å². The Bertz CT molecular complexity index is 1350. The van der Waals surface area contributed by atoms with E-state index in [9.17, 15) is 18.0 Å². The van der Waals surface area contributed by atoms with Gasteiger partial charge in [0, 0.05) is 22.7 Å². The van der Waals surface area contributed by atoms with Crippen LogP contribution in [0.1, 0.15) is 41.8 Å². The molecule has 0 fully saturated rings. The molecule has 5 rings (SSSR count). The molecule has 0 saturated heterocycles. The summed E-state index contributed by atoms with van der Waals surface area (Å²) < 4.78 is 52.1. The van der Waals surface area contributed by atoms with Crippen molar-refractivity contribution in [1.82, 2.24) is 14.8 Å². The smallest absolute Gasteiger partial charge is 0.453 e. The lowest BCUT2D eigenvalue weighted by Crippen LogP contribution is -2.33. The van der Waals surface area contributed by atoms with E-state index in [4.69, 9.17) is 21.1 Å². The molecular weight excluding hydrogens is 485 g/mol. The van der Waals surface area contributed by atoms with Gasteiger partial charge in [0.2, 0.25) is 5.95 Å². The highest BCUT2D eigenvalue weighted by Crippen LogP contribution is 2.46. The lowest BCUT2D eigenvalue weighted by molar-refractivity contribution is -0.145. The Labute approximate surface area is 203 Å². The molecule has 7 nitrogen and oxygen atoms in total. The van der Waals surface area contributed by atoms with Gasteiger partial charge in [-0.05, 0) is 47.7 Å². The van der Waals surface area contributed by atoms with E-state index < -0.39 is 18.0 Å².